The number of rotatable bonds is 2. The van der Waals surface area contributed by atoms with Gasteiger partial charge >= 0.3 is 0 Å². The van der Waals surface area contributed by atoms with Crippen molar-refractivity contribution in [1.29, 1.82) is 0 Å². The molecule has 1 N–H and O–H groups in total. The summed E-state index contributed by atoms with van der Waals surface area (Å²) in [6.07, 6.45) is 4.00. The lowest BCUT2D eigenvalue weighted by molar-refractivity contribution is 1.27. The van der Waals surface area contributed by atoms with Crippen LogP contribution in [0.4, 0.5) is 0 Å². The Hall–Kier alpha value is -1.39. The van der Waals surface area contributed by atoms with Crippen LogP contribution in [0.25, 0.3) is 5.57 Å². The zero-order valence-corrected chi connectivity index (χ0v) is 14.9. The van der Waals surface area contributed by atoms with Crippen molar-refractivity contribution in [3.8, 4) is 0 Å². The van der Waals surface area contributed by atoms with E-state index in [9.17, 15) is 0 Å². The first-order chi connectivity index (χ1) is 10.0. The van der Waals surface area contributed by atoms with E-state index in [0.29, 0.717) is 0 Å². The fourth-order valence-electron chi connectivity index (χ4n) is 2.55. The number of nitrogens with zero attached hydrogens (tertiary/aromatic N) is 1. The number of hydrogen-bond acceptors (Lipinski definition) is 1. The van der Waals surface area contributed by atoms with Crippen molar-refractivity contribution in [2.75, 3.05) is 0 Å². The highest BCUT2D eigenvalue weighted by molar-refractivity contribution is 9.18. The van der Waals surface area contributed by atoms with Gasteiger partial charge in [0, 0.05) is 11.3 Å². The highest BCUT2D eigenvalue weighted by Gasteiger charge is 2.15. The van der Waals surface area contributed by atoms with Crippen LogP contribution in [0, 0.1) is 13.8 Å². The van der Waals surface area contributed by atoms with E-state index in [1.54, 1.807) is 0 Å². The van der Waals surface area contributed by atoms with Crippen molar-refractivity contribution in [1.82, 2.24) is 4.98 Å². The first-order valence-electron chi connectivity index (χ1n) is 6.63. The molecule has 0 unspecified atom stereocenters. The number of aryl methyl sites for hydroxylation is 2. The predicted molar refractivity (Wildman–Crippen MR) is 95.9 cm³/mol. The first-order valence-corrected chi connectivity index (χ1v) is 8.21. The molecule has 1 aliphatic rings. The summed E-state index contributed by atoms with van der Waals surface area (Å²) in [7, 11) is 0. The molecule has 0 spiro atoms. The van der Waals surface area contributed by atoms with E-state index in [1.165, 1.54) is 16.7 Å². The van der Waals surface area contributed by atoms with Gasteiger partial charge in [-0.2, -0.15) is 0 Å². The summed E-state index contributed by atoms with van der Waals surface area (Å²) in [6.45, 7) is 4.24. The van der Waals surface area contributed by atoms with Crippen LogP contribution >= 0.6 is 31.9 Å². The van der Waals surface area contributed by atoms with Gasteiger partial charge in [-0.25, -0.2) is 4.99 Å². The van der Waals surface area contributed by atoms with Crippen LogP contribution in [0.1, 0.15) is 22.4 Å². The van der Waals surface area contributed by atoms with Gasteiger partial charge in [-0.15, -0.1) is 0 Å². The smallest absolute Gasteiger partial charge is 0.106 e. The average molecular weight is 406 g/mol. The molecule has 0 saturated heterocycles. The van der Waals surface area contributed by atoms with Crippen molar-refractivity contribution in [3.05, 3.63) is 75.2 Å². The Morgan fingerprint density at radius 3 is 2.24 bits per heavy atom. The maximum absolute atomic E-state index is 4.58. The molecule has 4 heteroatoms. The fourth-order valence-corrected chi connectivity index (χ4v) is 3.22. The lowest BCUT2D eigenvalue weighted by Crippen LogP contribution is -1.94. The molecular formula is C17H14Br2N2. The number of hydrogen-bond donors (Lipinski definition) is 1. The van der Waals surface area contributed by atoms with Crippen molar-refractivity contribution in [2.24, 2.45) is 4.99 Å². The maximum Gasteiger partial charge on any atom is 0.106 e. The minimum absolute atomic E-state index is 0.852. The minimum Gasteiger partial charge on any atom is -0.349 e. The Bertz CT molecular complexity index is 775. The Kier molecular flexibility index (Phi) is 4.00. The summed E-state index contributed by atoms with van der Waals surface area (Å²) in [5, 5.41) is 0. The van der Waals surface area contributed by atoms with Gasteiger partial charge in [0.2, 0.25) is 0 Å². The zero-order valence-electron chi connectivity index (χ0n) is 11.7. The van der Waals surface area contributed by atoms with Crippen LogP contribution in [0.3, 0.4) is 0 Å². The number of aromatic amines is 1. The van der Waals surface area contributed by atoms with Gasteiger partial charge in [-0.05, 0) is 75.6 Å². The number of halogens is 2. The molecule has 21 heavy (non-hydrogen) atoms. The van der Waals surface area contributed by atoms with E-state index in [2.05, 4.69) is 79.9 Å². The molecule has 106 valence electrons. The van der Waals surface area contributed by atoms with Gasteiger partial charge in [0.15, 0.2) is 0 Å². The molecule has 1 aliphatic heterocycles. The Morgan fingerprint density at radius 2 is 1.71 bits per heavy atom. The summed E-state index contributed by atoms with van der Waals surface area (Å²) in [5.41, 5.74) is 6.79. The van der Waals surface area contributed by atoms with E-state index in [1.807, 2.05) is 18.2 Å². The largest absolute Gasteiger partial charge is 0.349 e. The van der Waals surface area contributed by atoms with E-state index >= 15 is 0 Å². The lowest BCUT2D eigenvalue weighted by atomic mass is 9.97. The molecular weight excluding hydrogens is 392 g/mol. The highest BCUT2D eigenvalue weighted by atomic mass is 79.9. The molecule has 1 aromatic carbocycles. The van der Waals surface area contributed by atoms with Gasteiger partial charge < -0.3 is 4.98 Å². The number of aromatic nitrogens is 1. The number of H-pyrrole nitrogens is 1. The monoisotopic (exact) mass is 404 g/mol. The van der Waals surface area contributed by atoms with Crippen molar-refractivity contribution in [3.63, 3.8) is 0 Å². The summed E-state index contributed by atoms with van der Waals surface area (Å²) in [4.78, 5) is 7.92. The van der Waals surface area contributed by atoms with Gasteiger partial charge in [0.25, 0.3) is 0 Å². The van der Waals surface area contributed by atoms with Gasteiger partial charge in [0.05, 0.1) is 10.3 Å². The molecule has 0 aliphatic carbocycles. The van der Waals surface area contributed by atoms with Crippen LogP contribution < -0.4 is 0 Å². The van der Waals surface area contributed by atoms with Crippen molar-refractivity contribution >= 4 is 42.1 Å². The third kappa shape index (κ3) is 3.11. The second-order valence-corrected chi connectivity index (χ2v) is 6.79. The fraction of sp³-hybridized carbons (Fsp3) is 0.118. The zero-order chi connectivity index (χ0) is 15.0. The van der Waals surface area contributed by atoms with Crippen LogP contribution in [0.2, 0.25) is 0 Å². The molecule has 0 bridgehead atoms. The minimum atomic E-state index is 0.852. The number of allylic oxidation sites excluding steroid dienone is 2. The van der Waals surface area contributed by atoms with Crippen molar-refractivity contribution < 1.29 is 0 Å². The second-order valence-electron chi connectivity index (χ2n) is 5.12. The third-order valence-corrected chi connectivity index (χ3v) is 4.20. The van der Waals surface area contributed by atoms with E-state index < -0.39 is 0 Å². The molecule has 3 rings (SSSR count). The lowest BCUT2D eigenvalue weighted by Gasteiger charge is -2.10. The highest BCUT2D eigenvalue weighted by Crippen LogP contribution is 2.32. The molecule has 0 atom stereocenters. The van der Waals surface area contributed by atoms with Crippen LogP contribution in [-0.2, 0) is 0 Å². The Balaban J connectivity index is 2.25. The number of benzene rings is 1. The van der Waals surface area contributed by atoms with E-state index in [-0.39, 0.29) is 0 Å². The maximum atomic E-state index is 4.58. The molecule has 2 nitrogen and oxygen atoms in total. The van der Waals surface area contributed by atoms with Gasteiger partial charge in [0.1, 0.15) is 4.62 Å². The summed E-state index contributed by atoms with van der Waals surface area (Å²) in [5.74, 6) is 0. The normalized spacial score (nSPS) is 16.3. The summed E-state index contributed by atoms with van der Waals surface area (Å²) >= 11 is 6.92. The van der Waals surface area contributed by atoms with Crippen molar-refractivity contribution in [2.45, 2.75) is 13.8 Å². The second kappa shape index (κ2) is 5.78. The first kappa shape index (κ1) is 14.5. The molecule has 2 aromatic rings. The predicted octanol–water partition coefficient (Wildman–Crippen LogP) is 5.52. The standard InChI is InChI=1S/C17H14Br2N2/c1-10-7-11(2)9-12(8-10)17(13-3-5-15(18)20-13)14-4-6-16(19)21-14/h3-9,20H,1-2H3/b17-14-. The average Bonchev–Trinajstić information content (AvgIpc) is 2.98. The van der Waals surface area contributed by atoms with Crippen LogP contribution in [0.15, 0.2) is 57.8 Å². The summed E-state index contributed by atoms with van der Waals surface area (Å²) < 4.78 is 1.81. The Morgan fingerprint density at radius 1 is 1.00 bits per heavy atom. The topological polar surface area (TPSA) is 28.1 Å². The van der Waals surface area contributed by atoms with Gasteiger partial charge in [-0.3, -0.25) is 0 Å². The van der Waals surface area contributed by atoms with E-state index in [4.69, 9.17) is 0 Å². The Labute approximate surface area is 140 Å². The number of nitrogens with one attached hydrogen (secondary N) is 1. The summed E-state index contributed by atoms with van der Waals surface area (Å²) in [6, 6.07) is 10.6. The molecule has 0 saturated carbocycles. The third-order valence-electron chi connectivity index (χ3n) is 3.29. The van der Waals surface area contributed by atoms with Gasteiger partial charge in [-0.1, -0.05) is 29.3 Å². The van der Waals surface area contributed by atoms with E-state index in [0.717, 1.165) is 26.2 Å². The molecule has 2 heterocycles. The molecule has 0 amide bonds. The van der Waals surface area contributed by atoms with Crippen LogP contribution in [0.5, 0.6) is 0 Å². The molecule has 0 fully saturated rings. The quantitative estimate of drug-likeness (QED) is 0.681. The number of aliphatic imine (C=N–C) groups is 1. The molecule has 0 radical (unpaired) electrons. The van der Waals surface area contributed by atoms with Crippen LogP contribution in [-0.4, -0.2) is 9.60 Å². The molecule has 1 aromatic heterocycles. The SMILES string of the molecule is Cc1cc(C)cc(/C(=C2\C=CC(Br)=N2)c2ccc(Br)[nH]2)c1.